The third-order valence-corrected chi connectivity index (χ3v) is 2.15. The molecule has 0 spiro atoms. The standard InChI is InChI=1S/C8H15N3O2/c1-5(9-2)8(13)11-6-3-7(12)10-4-6/h5-6,9H,3-4H2,1-2H3,(H,10,12)(H,11,13). The van der Waals surface area contributed by atoms with Gasteiger partial charge in [-0.3, -0.25) is 9.59 Å². The second-order valence-electron chi connectivity index (χ2n) is 3.22. The number of rotatable bonds is 3. The van der Waals surface area contributed by atoms with Gasteiger partial charge in [0.1, 0.15) is 0 Å². The third kappa shape index (κ3) is 2.69. The van der Waals surface area contributed by atoms with Crippen LogP contribution in [0.15, 0.2) is 0 Å². The van der Waals surface area contributed by atoms with Crippen molar-refractivity contribution >= 4 is 11.8 Å². The Balaban J connectivity index is 2.32. The summed E-state index contributed by atoms with van der Waals surface area (Å²) in [4.78, 5) is 22.1. The summed E-state index contributed by atoms with van der Waals surface area (Å²) in [7, 11) is 1.72. The molecule has 5 heteroatoms. The number of hydrogen-bond acceptors (Lipinski definition) is 3. The van der Waals surface area contributed by atoms with E-state index in [2.05, 4.69) is 16.0 Å². The zero-order valence-corrected chi connectivity index (χ0v) is 7.89. The maximum Gasteiger partial charge on any atom is 0.237 e. The SMILES string of the molecule is CNC(C)C(=O)NC1CNC(=O)C1. The molecular weight excluding hydrogens is 170 g/mol. The van der Waals surface area contributed by atoms with Crippen LogP contribution in [0.5, 0.6) is 0 Å². The molecule has 0 aromatic heterocycles. The first-order valence-corrected chi connectivity index (χ1v) is 4.38. The fraction of sp³-hybridized carbons (Fsp3) is 0.750. The Hall–Kier alpha value is -1.10. The van der Waals surface area contributed by atoms with Crippen molar-refractivity contribution in [2.24, 2.45) is 0 Å². The zero-order valence-electron chi connectivity index (χ0n) is 7.89. The Morgan fingerprint density at radius 3 is 2.85 bits per heavy atom. The molecule has 5 nitrogen and oxygen atoms in total. The molecular formula is C8H15N3O2. The molecule has 0 radical (unpaired) electrons. The highest BCUT2D eigenvalue weighted by molar-refractivity contribution is 5.84. The smallest absolute Gasteiger partial charge is 0.237 e. The van der Waals surface area contributed by atoms with Crippen molar-refractivity contribution in [1.82, 2.24) is 16.0 Å². The highest BCUT2D eigenvalue weighted by Crippen LogP contribution is 1.99. The summed E-state index contributed by atoms with van der Waals surface area (Å²) in [6.07, 6.45) is 0.391. The van der Waals surface area contributed by atoms with E-state index in [1.165, 1.54) is 0 Å². The summed E-state index contributed by atoms with van der Waals surface area (Å²) in [5.41, 5.74) is 0. The summed E-state index contributed by atoms with van der Waals surface area (Å²) < 4.78 is 0. The largest absolute Gasteiger partial charge is 0.354 e. The molecule has 1 heterocycles. The molecule has 0 aliphatic carbocycles. The fourth-order valence-electron chi connectivity index (χ4n) is 1.16. The van der Waals surface area contributed by atoms with Gasteiger partial charge in [-0.1, -0.05) is 0 Å². The van der Waals surface area contributed by atoms with Crippen molar-refractivity contribution < 1.29 is 9.59 Å². The quantitative estimate of drug-likeness (QED) is 0.506. The summed E-state index contributed by atoms with van der Waals surface area (Å²) in [5.74, 6) is -0.0635. The van der Waals surface area contributed by atoms with Gasteiger partial charge in [0.2, 0.25) is 11.8 Å². The molecule has 1 fully saturated rings. The van der Waals surface area contributed by atoms with Crippen LogP contribution in [0.1, 0.15) is 13.3 Å². The van der Waals surface area contributed by atoms with Crippen molar-refractivity contribution in [2.75, 3.05) is 13.6 Å². The highest BCUT2D eigenvalue weighted by Gasteiger charge is 2.24. The molecule has 1 rings (SSSR count). The Morgan fingerprint density at radius 2 is 2.38 bits per heavy atom. The number of hydrogen-bond donors (Lipinski definition) is 3. The van der Waals surface area contributed by atoms with Crippen molar-refractivity contribution in [3.05, 3.63) is 0 Å². The number of amides is 2. The van der Waals surface area contributed by atoms with Gasteiger partial charge in [0, 0.05) is 13.0 Å². The molecule has 1 aliphatic heterocycles. The molecule has 1 saturated heterocycles. The monoisotopic (exact) mass is 185 g/mol. The maximum absolute atomic E-state index is 11.3. The molecule has 74 valence electrons. The van der Waals surface area contributed by atoms with Gasteiger partial charge < -0.3 is 16.0 Å². The number of likely N-dealkylation sites (N-methyl/N-ethyl adjacent to an activating group) is 1. The van der Waals surface area contributed by atoms with Gasteiger partial charge in [-0.2, -0.15) is 0 Å². The van der Waals surface area contributed by atoms with Crippen molar-refractivity contribution in [1.29, 1.82) is 0 Å². The van der Waals surface area contributed by atoms with Gasteiger partial charge in [-0.15, -0.1) is 0 Å². The lowest BCUT2D eigenvalue weighted by Gasteiger charge is -2.14. The molecule has 1 aliphatic rings. The van der Waals surface area contributed by atoms with Gasteiger partial charge in [-0.25, -0.2) is 0 Å². The summed E-state index contributed by atoms with van der Waals surface area (Å²) in [6, 6.07) is -0.258. The molecule has 0 aromatic rings. The molecule has 0 bridgehead atoms. The van der Waals surface area contributed by atoms with Crippen LogP contribution in [-0.2, 0) is 9.59 Å². The third-order valence-electron chi connectivity index (χ3n) is 2.15. The van der Waals surface area contributed by atoms with Crippen molar-refractivity contribution in [3.8, 4) is 0 Å². The molecule has 13 heavy (non-hydrogen) atoms. The highest BCUT2D eigenvalue weighted by atomic mass is 16.2. The molecule has 0 saturated carbocycles. The molecule has 3 N–H and O–H groups in total. The van der Waals surface area contributed by atoms with Gasteiger partial charge in [0.05, 0.1) is 12.1 Å². The van der Waals surface area contributed by atoms with E-state index in [1.54, 1.807) is 14.0 Å². The molecule has 2 unspecified atom stereocenters. The lowest BCUT2D eigenvalue weighted by atomic mass is 10.2. The van der Waals surface area contributed by atoms with Gasteiger partial charge in [0.15, 0.2) is 0 Å². The van der Waals surface area contributed by atoms with Crippen LogP contribution in [0.25, 0.3) is 0 Å². The van der Waals surface area contributed by atoms with Crippen LogP contribution >= 0.6 is 0 Å². The minimum absolute atomic E-state index is 0.00223. The summed E-state index contributed by atoms with van der Waals surface area (Å²) >= 11 is 0. The molecule has 0 aromatic carbocycles. The fourth-order valence-corrected chi connectivity index (χ4v) is 1.16. The van der Waals surface area contributed by atoms with Gasteiger partial charge in [-0.05, 0) is 14.0 Å². The van der Waals surface area contributed by atoms with E-state index < -0.39 is 0 Å². The van der Waals surface area contributed by atoms with Crippen molar-refractivity contribution in [3.63, 3.8) is 0 Å². The number of carbonyl (C=O) groups excluding carboxylic acids is 2. The van der Waals surface area contributed by atoms with E-state index in [4.69, 9.17) is 0 Å². The van der Waals surface area contributed by atoms with Crippen LogP contribution in [0.2, 0.25) is 0 Å². The van der Waals surface area contributed by atoms with Crippen LogP contribution in [-0.4, -0.2) is 37.5 Å². The predicted molar refractivity (Wildman–Crippen MR) is 48.1 cm³/mol. The van der Waals surface area contributed by atoms with E-state index in [-0.39, 0.29) is 23.9 Å². The van der Waals surface area contributed by atoms with Crippen LogP contribution in [0.4, 0.5) is 0 Å². The first-order valence-electron chi connectivity index (χ1n) is 4.38. The average Bonchev–Trinajstić information content (AvgIpc) is 2.49. The predicted octanol–water partition coefficient (Wildman–Crippen LogP) is -1.40. The van der Waals surface area contributed by atoms with Crippen molar-refractivity contribution in [2.45, 2.75) is 25.4 Å². The van der Waals surface area contributed by atoms with Gasteiger partial charge in [0.25, 0.3) is 0 Å². The lowest BCUT2D eigenvalue weighted by Crippen LogP contribution is -2.45. The first kappa shape index (κ1) is 9.98. The average molecular weight is 185 g/mol. The Labute approximate surface area is 77.3 Å². The normalized spacial score (nSPS) is 23.8. The van der Waals surface area contributed by atoms with E-state index >= 15 is 0 Å². The summed E-state index contributed by atoms with van der Waals surface area (Å²) in [5, 5.41) is 8.27. The lowest BCUT2D eigenvalue weighted by molar-refractivity contribution is -0.123. The molecule has 2 amide bonds. The maximum atomic E-state index is 11.3. The zero-order chi connectivity index (χ0) is 9.84. The van der Waals surface area contributed by atoms with E-state index in [9.17, 15) is 9.59 Å². The molecule has 2 atom stereocenters. The van der Waals surface area contributed by atoms with Crippen LogP contribution in [0, 0.1) is 0 Å². The Bertz CT molecular complexity index is 217. The van der Waals surface area contributed by atoms with Crippen LogP contribution in [0.3, 0.4) is 0 Å². The van der Waals surface area contributed by atoms with E-state index in [0.29, 0.717) is 13.0 Å². The second-order valence-corrected chi connectivity index (χ2v) is 3.22. The Kier molecular flexibility index (Phi) is 3.25. The summed E-state index contributed by atoms with van der Waals surface area (Å²) in [6.45, 7) is 2.32. The van der Waals surface area contributed by atoms with E-state index in [0.717, 1.165) is 0 Å². The minimum Gasteiger partial charge on any atom is -0.354 e. The minimum atomic E-state index is -0.212. The second kappa shape index (κ2) is 4.23. The first-order chi connectivity index (χ1) is 6.13. The van der Waals surface area contributed by atoms with Gasteiger partial charge >= 0.3 is 0 Å². The number of nitrogens with one attached hydrogen (secondary N) is 3. The number of carbonyl (C=O) groups is 2. The van der Waals surface area contributed by atoms with E-state index in [1.807, 2.05) is 0 Å². The van der Waals surface area contributed by atoms with Crippen LogP contribution < -0.4 is 16.0 Å². The topological polar surface area (TPSA) is 70.2 Å². The Morgan fingerprint density at radius 1 is 1.69 bits per heavy atom.